The van der Waals surface area contributed by atoms with E-state index in [9.17, 15) is 24.8 Å². The van der Waals surface area contributed by atoms with Gasteiger partial charge in [-0.2, -0.15) is 5.26 Å². The first-order valence-corrected chi connectivity index (χ1v) is 12.4. The number of hydrogen-bond donors (Lipinski definition) is 2. The molecule has 0 bridgehead atoms. The normalized spacial score (nSPS) is 13.0. The number of rotatable bonds is 7. The molecule has 1 aliphatic rings. The smallest absolute Gasteiger partial charge is 0.341 e. The van der Waals surface area contributed by atoms with Crippen LogP contribution < -0.4 is 5.32 Å². The summed E-state index contributed by atoms with van der Waals surface area (Å²) in [5, 5.41) is 22.2. The Bertz CT molecular complexity index is 1430. The summed E-state index contributed by atoms with van der Waals surface area (Å²) in [5.41, 5.74) is 1.43. The summed E-state index contributed by atoms with van der Waals surface area (Å²) in [5.74, 6) is -1.82. The van der Waals surface area contributed by atoms with Crippen LogP contribution in [0.4, 0.5) is 5.00 Å². The standard InChI is InChI=1S/C26H21ClN2O6S/c1-2-34-26(33)22-17-5-3-4-6-21(17)36-24(22)29-23(30)15(13-28)11-16-8-10-20(35-16)18-12-14(25(31)32)7-9-19(18)27/h7-12H,2-6H2,1H3,(H,29,30)(H,31,32)/b15-11+. The monoisotopic (exact) mass is 524 g/mol. The minimum Gasteiger partial charge on any atom is -0.478 e. The van der Waals surface area contributed by atoms with E-state index in [1.165, 1.54) is 41.7 Å². The third-order valence-electron chi connectivity index (χ3n) is 5.64. The molecule has 8 nitrogen and oxygen atoms in total. The zero-order chi connectivity index (χ0) is 25.8. The molecule has 0 unspecified atom stereocenters. The zero-order valence-electron chi connectivity index (χ0n) is 19.2. The van der Waals surface area contributed by atoms with Crippen LogP contribution in [0.25, 0.3) is 17.4 Å². The number of thiophene rings is 1. The first-order chi connectivity index (χ1) is 17.3. The van der Waals surface area contributed by atoms with Crippen molar-refractivity contribution < 1.29 is 28.6 Å². The number of furan rings is 1. The van der Waals surface area contributed by atoms with Crippen LogP contribution in [-0.2, 0) is 22.4 Å². The molecule has 1 aliphatic carbocycles. The summed E-state index contributed by atoms with van der Waals surface area (Å²) >= 11 is 7.53. The van der Waals surface area contributed by atoms with Gasteiger partial charge >= 0.3 is 11.9 Å². The number of carbonyl (C=O) groups excluding carboxylic acids is 2. The van der Waals surface area contributed by atoms with E-state index in [2.05, 4.69) is 5.32 Å². The Morgan fingerprint density at radius 3 is 2.75 bits per heavy atom. The van der Waals surface area contributed by atoms with Gasteiger partial charge in [0, 0.05) is 16.5 Å². The van der Waals surface area contributed by atoms with Crippen molar-refractivity contribution in [3.05, 3.63) is 68.3 Å². The van der Waals surface area contributed by atoms with E-state index in [4.69, 9.17) is 20.8 Å². The summed E-state index contributed by atoms with van der Waals surface area (Å²) in [6.07, 6.45) is 4.78. The Hall–Kier alpha value is -3.87. The molecule has 184 valence electrons. The number of carboxylic acids is 1. The number of esters is 1. The van der Waals surface area contributed by atoms with Gasteiger partial charge in [-0.05, 0) is 68.5 Å². The number of nitrogens with one attached hydrogen (secondary N) is 1. The van der Waals surface area contributed by atoms with Crippen molar-refractivity contribution in [2.75, 3.05) is 11.9 Å². The quantitative estimate of drug-likeness (QED) is 0.221. The molecule has 0 aliphatic heterocycles. The summed E-state index contributed by atoms with van der Waals surface area (Å²) in [7, 11) is 0. The van der Waals surface area contributed by atoms with Crippen molar-refractivity contribution in [1.29, 1.82) is 5.26 Å². The van der Waals surface area contributed by atoms with Gasteiger partial charge in [0.25, 0.3) is 5.91 Å². The molecular weight excluding hydrogens is 504 g/mol. The Morgan fingerprint density at radius 2 is 2.03 bits per heavy atom. The van der Waals surface area contributed by atoms with Crippen LogP contribution in [0.1, 0.15) is 56.7 Å². The summed E-state index contributed by atoms with van der Waals surface area (Å²) in [4.78, 5) is 37.9. The van der Waals surface area contributed by atoms with E-state index in [1.807, 2.05) is 6.07 Å². The van der Waals surface area contributed by atoms with Crippen LogP contribution in [0.3, 0.4) is 0 Å². The SMILES string of the molecule is CCOC(=O)c1c(NC(=O)/C(C#N)=C/c2ccc(-c3cc(C(=O)O)ccc3Cl)o2)sc2c1CCCC2. The molecule has 0 radical (unpaired) electrons. The van der Waals surface area contributed by atoms with Gasteiger partial charge in [-0.15, -0.1) is 11.3 Å². The number of hydrogen-bond acceptors (Lipinski definition) is 7. The van der Waals surface area contributed by atoms with Gasteiger partial charge in [-0.3, -0.25) is 4.79 Å². The minimum absolute atomic E-state index is 0.0380. The molecule has 2 N–H and O–H groups in total. The number of anilines is 1. The molecule has 0 spiro atoms. The van der Waals surface area contributed by atoms with Crippen molar-refractivity contribution in [1.82, 2.24) is 0 Å². The van der Waals surface area contributed by atoms with Crippen LogP contribution in [0.2, 0.25) is 5.02 Å². The van der Waals surface area contributed by atoms with Crippen LogP contribution >= 0.6 is 22.9 Å². The Labute approximate surface area is 215 Å². The highest BCUT2D eigenvalue weighted by Gasteiger charge is 2.28. The van der Waals surface area contributed by atoms with Crippen molar-refractivity contribution in [2.24, 2.45) is 0 Å². The number of nitriles is 1. The average molecular weight is 525 g/mol. The van der Waals surface area contributed by atoms with Gasteiger partial charge in [0.1, 0.15) is 28.2 Å². The first kappa shape index (κ1) is 25.2. The molecule has 0 saturated carbocycles. The third-order valence-corrected chi connectivity index (χ3v) is 7.17. The summed E-state index contributed by atoms with van der Waals surface area (Å²) in [6, 6.07) is 9.18. The lowest BCUT2D eigenvalue weighted by molar-refractivity contribution is -0.112. The van der Waals surface area contributed by atoms with E-state index >= 15 is 0 Å². The van der Waals surface area contributed by atoms with E-state index in [-0.39, 0.29) is 34.3 Å². The minimum atomic E-state index is -1.11. The molecule has 0 fully saturated rings. The second-order valence-corrected chi connectivity index (χ2v) is 9.47. The largest absolute Gasteiger partial charge is 0.478 e. The van der Waals surface area contributed by atoms with E-state index in [1.54, 1.807) is 13.0 Å². The first-order valence-electron chi connectivity index (χ1n) is 11.2. The number of amides is 1. The number of ether oxygens (including phenoxy) is 1. The molecule has 36 heavy (non-hydrogen) atoms. The summed E-state index contributed by atoms with van der Waals surface area (Å²) < 4.78 is 10.9. The van der Waals surface area contributed by atoms with Crippen LogP contribution in [0, 0.1) is 11.3 Å². The van der Waals surface area contributed by atoms with E-state index in [0.29, 0.717) is 16.1 Å². The topological polar surface area (TPSA) is 130 Å². The van der Waals surface area contributed by atoms with Gasteiger partial charge in [0.2, 0.25) is 0 Å². The highest BCUT2D eigenvalue weighted by molar-refractivity contribution is 7.17. The van der Waals surface area contributed by atoms with Crippen molar-refractivity contribution in [3.8, 4) is 17.4 Å². The zero-order valence-corrected chi connectivity index (χ0v) is 20.8. The lowest BCUT2D eigenvalue weighted by Crippen LogP contribution is -2.16. The molecule has 0 atom stereocenters. The Morgan fingerprint density at radius 1 is 1.25 bits per heavy atom. The maximum Gasteiger partial charge on any atom is 0.341 e. The van der Waals surface area contributed by atoms with Crippen molar-refractivity contribution >= 4 is 51.9 Å². The molecule has 3 aromatic rings. The number of fused-ring (bicyclic) bond motifs is 1. The average Bonchev–Trinajstić information content (AvgIpc) is 3.46. The second kappa shape index (κ2) is 10.8. The molecule has 10 heteroatoms. The number of carbonyl (C=O) groups is 3. The number of aryl methyl sites for hydroxylation is 1. The van der Waals surface area contributed by atoms with E-state index in [0.717, 1.165) is 36.1 Å². The number of benzene rings is 1. The highest BCUT2D eigenvalue weighted by Crippen LogP contribution is 2.39. The Kier molecular flexibility index (Phi) is 7.58. The highest BCUT2D eigenvalue weighted by atomic mass is 35.5. The van der Waals surface area contributed by atoms with Gasteiger partial charge in [0.15, 0.2) is 0 Å². The van der Waals surface area contributed by atoms with Crippen LogP contribution in [0.5, 0.6) is 0 Å². The Balaban J connectivity index is 1.61. The van der Waals surface area contributed by atoms with Gasteiger partial charge in [-0.1, -0.05) is 11.6 Å². The predicted octanol–water partition coefficient (Wildman–Crippen LogP) is 5.96. The third kappa shape index (κ3) is 5.20. The molecule has 2 aromatic heterocycles. The van der Waals surface area contributed by atoms with E-state index < -0.39 is 17.8 Å². The number of carboxylic acid groups (broad SMARTS) is 1. The molecule has 0 saturated heterocycles. The molecule has 1 aromatic carbocycles. The summed E-state index contributed by atoms with van der Waals surface area (Å²) in [6.45, 7) is 1.93. The lowest BCUT2D eigenvalue weighted by Gasteiger charge is -2.12. The maximum atomic E-state index is 13.0. The lowest BCUT2D eigenvalue weighted by atomic mass is 9.95. The molecular formula is C26H21ClN2O6S. The van der Waals surface area contributed by atoms with Crippen LogP contribution in [-0.4, -0.2) is 29.6 Å². The molecule has 4 rings (SSSR count). The number of halogens is 1. The fourth-order valence-corrected chi connectivity index (χ4v) is 5.44. The molecule has 1 amide bonds. The second-order valence-electron chi connectivity index (χ2n) is 7.96. The fourth-order valence-electron chi connectivity index (χ4n) is 3.96. The fraction of sp³-hybridized carbons (Fsp3) is 0.231. The van der Waals surface area contributed by atoms with Gasteiger partial charge in [-0.25, -0.2) is 9.59 Å². The van der Waals surface area contributed by atoms with Crippen molar-refractivity contribution in [2.45, 2.75) is 32.6 Å². The predicted molar refractivity (Wildman–Crippen MR) is 135 cm³/mol. The number of aromatic carboxylic acids is 1. The van der Waals surface area contributed by atoms with Gasteiger partial charge in [0.05, 0.1) is 22.8 Å². The van der Waals surface area contributed by atoms with Gasteiger partial charge < -0.3 is 19.6 Å². The molecule has 2 heterocycles. The van der Waals surface area contributed by atoms with Crippen molar-refractivity contribution in [3.63, 3.8) is 0 Å². The number of nitrogens with zero attached hydrogens (tertiary/aromatic N) is 1. The van der Waals surface area contributed by atoms with Crippen LogP contribution in [0.15, 0.2) is 40.3 Å². The maximum absolute atomic E-state index is 13.0.